The number of ketones is 1. The van der Waals surface area contributed by atoms with Crippen molar-refractivity contribution in [2.24, 2.45) is 0 Å². The second-order valence-electron chi connectivity index (χ2n) is 10.7. The van der Waals surface area contributed by atoms with Crippen molar-refractivity contribution in [3.63, 3.8) is 0 Å². The fourth-order valence-electron chi connectivity index (χ4n) is 5.71. The third-order valence-corrected chi connectivity index (χ3v) is 7.91. The number of benzene rings is 4. The molecule has 4 aromatic carbocycles. The van der Waals surface area contributed by atoms with Gasteiger partial charge in [0.05, 0.1) is 11.6 Å². The van der Waals surface area contributed by atoms with E-state index < -0.39 is 23.5 Å². The SMILES string of the molecule is Cc1cc(/C(O)=C2/C(=O)C(=O)N(c3ccc(N4CCCC4)cc3)C2c2ccc(F)cc2)ccc1OCc1ccccc1. The van der Waals surface area contributed by atoms with E-state index in [9.17, 15) is 19.1 Å². The fraction of sp³-hybridized carbons (Fsp3) is 0.200. The molecule has 2 aliphatic rings. The van der Waals surface area contributed by atoms with Gasteiger partial charge in [-0.05, 0) is 91.1 Å². The van der Waals surface area contributed by atoms with E-state index in [0.717, 1.165) is 42.7 Å². The predicted molar refractivity (Wildman–Crippen MR) is 161 cm³/mol. The van der Waals surface area contributed by atoms with Crippen molar-refractivity contribution < 1.29 is 23.8 Å². The number of rotatable bonds is 7. The van der Waals surface area contributed by atoms with Gasteiger partial charge in [0.1, 0.15) is 23.9 Å². The Bertz CT molecular complexity index is 1640. The Labute approximate surface area is 244 Å². The highest BCUT2D eigenvalue weighted by Crippen LogP contribution is 2.43. The molecule has 1 amide bonds. The number of aryl methyl sites for hydroxylation is 1. The quantitative estimate of drug-likeness (QED) is 0.150. The van der Waals surface area contributed by atoms with Gasteiger partial charge in [0.25, 0.3) is 11.7 Å². The zero-order valence-electron chi connectivity index (χ0n) is 23.3. The van der Waals surface area contributed by atoms with Crippen molar-refractivity contribution in [1.29, 1.82) is 0 Å². The van der Waals surface area contributed by atoms with Crippen molar-refractivity contribution >= 4 is 28.8 Å². The molecule has 2 saturated heterocycles. The van der Waals surface area contributed by atoms with Crippen LogP contribution in [0.25, 0.3) is 5.76 Å². The molecule has 2 heterocycles. The normalized spacial score (nSPS) is 18.1. The van der Waals surface area contributed by atoms with Crippen LogP contribution in [0.2, 0.25) is 0 Å². The second-order valence-corrected chi connectivity index (χ2v) is 10.7. The highest BCUT2D eigenvalue weighted by atomic mass is 19.1. The minimum Gasteiger partial charge on any atom is -0.507 e. The van der Waals surface area contributed by atoms with Crippen LogP contribution < -0.4 is 14.5 Å². The van der Waals surface area contributed by atoms with Crippen LogP contribution in [-0.2, 0) is 16.2 Å². The minimum absolute atomic E-state index is 0.0485. The van der Waals surface area contributed by atoms with Crippen molar-refractivity contribution in [2.75, 3.05) is 22.9 Å². The van der Waals surface area contributed by atoms with Crippen molar-refractivity contribution in [3.8, 4) is 5.75 Å². The topological polar surface area (TPSA) is 70.1 Å². The molecule has 6 rings (SSSR count). The molecule has 2 aliphatic heterocycles. The lowest BCUT2D eigenvalue weighted by atomic mass is 9.94. The number of halogens is 1. The number of aliphatic hydroxyl groups is 1. The molecule has 0 aromatic heterocycles. The smallest absolute Gasteiger partial charge is 0.300 e. The number of amides is 1. The van der Waals surface area contributed by atoms with Gasteiger partial charge >= 0.3 is 0 Å². The summed E-state index contributed by atoms with van der Waals surface area (Å²) in [4.78, 5) is 30.7. The van der Waals surface area contributed by atoms with E-state index in [1.54, 1.807) is 18.2 Å². The lowest BCUT2D eigenvalue weighted by molar-refractivity contribution is -0.132. The van der Waals surface area contributed by atoms with Crippen LogP contribution in [0.15, 0.2) is 103 Å². The van der Waals surface area contributed by atoms with Gasteiger partial charge in [-0.2, -0.15) is 0 Å². The monoisotopic (exact) mass is 562 g/mol. The lowest BCUT2D eigenvalue weighted by Crippen LogP contribution is -2.29. The maximum Gasteiger partial charge on any atom is 0.300 e. The first-order valence-corrected chi connectivity index (χ1v) is 14.1. The van der Waals surface area contributed by atoms with Gasteiger partial charge in [-0.25, -0.2) is 4.39 Å². The Kier molecular flexibility index (Phi) is 7.48. The van der Waals surface area contributed by atoms with Gasteiger partial charge in [-0.3, -0.25) is 14.5 Å². The number of hydrogen-bond donors (Lipinski definition) is 1. The second kappa shape index (κ2) is 11.5. The Morgan fingerprint density at radius 1 is 0.881 bits per heavy atom. The van der Waals surface area contributed by atoms with Crippen LogP contribution in [0, 0.1) is 12.7 Å². The summed E-state index contributed by atoms with van der Waals surface area (Å²) in [6.45, 7) is 4.21. The number of carbonyl (C=O) groups excluding carboxylic acids is 2. The third-order valence-electron chi connectivity index (χ3n) is 7.91. The zero-order chi connectivity index (χ0) is 29.2. The number of anilines is 2. The summed E-state index contributed by atoms with van der Waals surface area (Å²) in [5.41, 5.74) is 4.21. The Morgan fingerprint density at radius 3 is 2.21 bits per heavy atom. The fourth-order valence-corrected chi connectivity index (χ4v) is 5.71. The molecule has 1 N–H and O–H groups in total. The Hall–Kier alpha value is -4.91. The summed E-state index contributed by atoms with van der Waals surface area (Å²) in [5.74, 6) is -1.64. The minimum atomic E-state index is -0.933. The van der Waals surface area contributed by atoms with E-state index >= 15 is 0 Å². The zero-order valence-corrected chi connectivity index (χ0v) is 23.3. The van der Waals surface area contributed by atoms with Crippen LogP contribution in [0.5, 0.6) is 5.75 Å². The first kappa shape index (κ1) is 27.3. The van der Waals surface area contributed by atoms with Crippen LogP contribution in [0.1, 0.15) is 41.1 Å². The summed E-state index contributed by atoms with van der Waals surface area (Å²) >= 11 is 0. The molecule has 212 valence electrons. The van der Waals surface area contributed by atoms with Crippen molar-refractivity contribution in [3.05, 3.63) is 131 Å². The number of carbonyl (C=O) groups is 2. The van der Waals surface area contributed by atoms with Crippen molar-refractivity contribution in [2.45, 2.75) is 32.4 Å². The molecule has 0 bridgehead atoms. The number of Topliss-reactive ketones (excluding diaryl/α,β-unsaturated/α-hetero) is 1. The van der Waals surface area contributed by atoms with E-state index in [-0.39, 0.29) is 11.3 Å². The standard InChI is InChI=1S/C35H31FN2O4/c1-23-21-26(11-18-30(23)42-22-24-7-3-2-4-8-24)33(39)31-32(25-9-12-27(36)13-10-25)38(35(41)34(31)40)29-16-14-28(15-17-29)37-19-5-6-20-37/h2-4,7-18,21,32,39H,5-6,19-20,22H2,1H3/b33-31-. The number of aliphatic hydroxyl groups excluding tert-OH is 1. The number of hydrogen-bond acceptors (Lipinski definition) is 5. The number of nitrogens with zero attached hydrogens (tertiary/aromatic N) is 2. The van der Waals surface area contributed by atoms with Gasteiger partial charge in [-0.1, -0.05) is 42.5 Å². The molecule has 0 radical (unpaired) electrons. The van der Waals surface area contributed by atoms with Crippen LogP contribution in [-0.4, -0.2) is 29.9 Å². The molecule has 1 atom stereocenters. The van der Waals surface area contributed by atoms with E-state index in [2.05, 4.69) is 4.90 Å². The predicted octanol–water partition coefficient (Wildman–Crippen LogP) is 6.94. The van der Waals surface area contributed by atoms with E-state index in [1.165, 1.54) is 29.2 Å². The highest BCUT2D eigenvalue weighted by molar-refractivity contribution is 6.51. The summed E-state index contributed by atoms with van der Waals surface area (Å²) < 4.78 is 19.9. The molecule has 4 aromatic rings. The Balaban J connectivity index is 1.36. The molecule has 0 aliphatic carbocycles. The third kappa shape index (κ3) is 5.26. The van der Waals surface area contributed by atoms with E-state index in [4.69, 9.17) is 4.74 Å². The summed E-state index contributed by atoms with van der Waals surface area (Å²) in [6, 6.07) is 27.2. The molecule has 6 nitrogen and oxygen atoms in total. The first-order valence-electron chi connectivity index (χ1n) is 14.1. The van der Waals surface area contributed by atoms with E-state index in [1.807, 2.05) is 61.5 Å². The maximum atomic E-state index is 13.9. The molecule has 0 spiro atoms. The summed E-state index contributed by atoms with van der Waals surface area (Å²) in [6.07, 6.45) is 2.28. The molecule has 0 saturated carbocycles. The van der Waals surface area contributed by atoms with Crippen LogP contribution >= 0.6 is 0 Å². The average Bonchev–Trinajstić information content (AvgIpc) is 3.64. The lowest BCUT2D eigenvalue weighted by Gasteiger charge is -2.26. The molecule has 42 heavy (non-hydrogen) atoms. The Morgan fingerprint density at radius 2 is 1.55 bits per heavy atom. The molecule has 7 heteroatoms. The molecular weight excluding hydrogens is 531 g/mol. The maximum absolute atomic E-state index is 13.9. The van der Waals surface area contributed by atoms with Gasteiger partial charge in [-0.15, -0.1) is 0 Å². The van der Waals surface area contributed by atoms with Crippen molar-refractivity contribution in [1.82, 2.24) is 0 Å². The van der Waals surface area contributed by atoms with Crippen LogP contribution in [0.4, 0.5) is 15.8 Å². The summed E-state index contributed by atoms with van der Waals surface area (Å²) in [7, 11) is 0. The molecule has 1 unspecified atom stereocenters. The van der Waals surface area contributed by atoms with Crippen LogP contribution in [0.3, 0.4) is 0 Å². The molecule has 2 fully saturated rings. The first-order chi connectivity index (χ1) is 20.4. The highest BCUT2D eigenvalue weighted by Gasteiger charge is 2.47. The molecular formula is C35H31FN2O4. The van der Waals surface area contributed by atoms with Gasteiger partial charge in [0, 0.05) is 30.0 Å². The van der Waals surface area contributed by atoms with Gasteiger partial charge < -0.3 is 14.7 Å². The summed E-state index contributed by atoms with van der Waals surface area (Å²) in [5, 5.41) is 11.5. The van der Waals surface area contributed by atoms with Gasteiger partial charge in [0.2, 0.25) is 0 Å². The van der Waals surface area contributed by atoms with Gasteiger partial charge in [0.15, 0.2) is 0 Å². The number of ether oxygens (including phenoxy) is 1. The largest absolute Gasteiger partial charge is 0.507 e. The van der Waals surface area contributed by atoms with E-state index in [0.29, 0.717) is 29.2 Å². The average molecular weight is 563 g/mol.